The van der Waals surface area contributed by atoms with Gasteiger partial charge in [0.25, 0.3) is 0 Å². The third kappa shape index (κ3) is 6.01. The highest BCUT2D eigenvalue weighted by Crippen LogP contribution is 2.09. The molecule has 0 aromatic carbocycles. The lowest BCUT2D eigenvalue weighted by Gasteiger charge is -2.40. The maximum atomic E-state index is 2.57. The molecule has 0 aromatic rings. The van der Waals surface area contributed by atoms with Gasteiger partial charge in [-0.15, -0.1) is 0 Å². The minimum absolute atomic E-state index is 0.602. The Bertz CT molecular complexity index is 207. The molecule has 0 aliphatic rings. The van der Waals surface area contributed by atoms with E-state index in [0.29, 0.717) is 12.1 Å². The van der Waals surface area contributed by atoms with Gasteiger partial charge >= 0.3 is 14.8 Å². The fourth-order valence-electron chi connectivity index (χ4n) is 1.92. The molecule has 0 saturated carbocycles. The fraction of sp³-hybridized carbons (Fsp3) is 1.00. The van der Waals surface area contributed by atoms with Crippen molar-refractivity contribution in [2.45, 2.75) is 39.8 Å². The first kappa shape index (κ1) is 18.4. The van der Waals surface area contributed by atoms with Crippen molar-refractivity contribution in [1.29, 1.82) is 0 Å². The minimum Gasteiger partial charge on any atom is -0.359 e. The molecule has 0 spiro atoms. The van der Waals surface area contributed by atoms with E-state index in [2.05, 4.69) is 79.5 Å². The van der Waals surface area contributed by atoms with Crippen LogP contribution in [0.15, 0.2) is 0 Å². The topological polar surface area (TPSA) is 13.0 Å². The van der Waals surface area contributed by atoms with E-state index >= 15 is 0 Å². The second-order valence-corrected chi connectivity index (χ2v) is 9.35. The lowest BCUT2D eigenvalue weighted by molar-refractivity contribution is 0.266. The van der Waals surface area contributed by atoms with Crippen LogP contribution in [0.2, 0.25) is 0 Å². The Morgan fingerprint density at radius 2 is 1.11 bits per heavy atom. The lowest BCUT2D eigenvalue weighted by Crippen LogP contribution is -2.63. The summed E-state index contributed by atoms with van der Waals surface area (Å²) < 4.78 is 7.70. The Morgan fingerprint density at radius 1 is 0.722 bits per heavy atom. The van der Waals surface area contributed by atoms with Crippen molar-refractivity contribution in [1.82, 2.24) is 16.6 Å². The smallest absolute Gasteiger partial charge is 0.359 e. The maximum Gasteiger partial charge on any atom is 0.608 e. The highest BCUT2D eigenvalue weighted by molar-refractivity contribution is 6.49. The Kier molecular flexibility index (Phi) is 8.70. The van der Waals surface area contributed by atoms with Crippen LogP contribution in [0, 0.1) is 0 Å². The molecular weight excluding hydrogens is 239 g/mol. The first-order chi connectivity index (χ1) is 8.18. The summed E-state index contributed by atoms with van der Waals surface area (Å²) in [6, 6.07) is 1.20. The van der Waals surface area contributed by atoms with Gasteiger partial charge in [-0.3, -0.25) is 0 Å². The van der Waals surface area contributed by atoms with E-state index in [4.69, 9.17) is 0 Å². The van der Waals surface area contributed by atoms with Crippen LogP contribution in [0.3, 0.4) is 0 Å². The summed E-state index contributed by atoms with van der Waals surface area (Å²) >= 11 is -1.22. The summed E-state index contributed by atoms with van der Waals surface area (Å²) in [5, 5.41) is 0. The minimum atomic E-state index is -1.22. The highest BCUT2D eigenvalue weighted by Gasteiger charge is 2.38. The third-order valence-corrected chi connectivity index (χ3v) is 7.35. The van der Waals surface area contributed by atoms with Crippen molar-refractivity contribution in [3.05, 3.63) is 0 Å². The first-order valence-corrected chi connectivity index (χ1v) is 8.52. The number of likely N-dealkylation sites (N-methyl/N-ethyl adjacent to an activating group) is 2. The van der Waals surface area contributed by atoms with Gasteiger partial charge < -0.3 is 16.6 Å². The second kappa shape index (κ2) is 8.52. The van der Waals surface area contributed by atoms with Crippen molar-refractivity contribution in [3.8, 4) is 0 Å². The molecule has 0 rings (SSSR count). The average molecular weight is 272 g/mol. The van der Waals surface area contributed by atoms with Crippen molar-refractivity contribution in [2.75, 3.05) is 48.3 Å². The van der Waals surface area contributed by atoms with E-state index in [1.807, 2.05) is 0 Å². The van der Waals surface area contributed by atoms with E-state index in [1.54, 1.807) is 0 Å². The molecule has 0 radical (unpaired) electrons. The number of hydrogen-bond acceptors (Lipinski definition) is 4. The Morgan fingerprint density at radius 3 is 1.39 bits per heavy atom. The molecule has 4 nitrogen and oxygen atoms in total. The van der Waals surface area contributed by atoms with Gasteiger partial charge in [0.15, 0.2) is 0 Å². The largest absolute Gasteiger partial charge is 0.608 e. The number of nitrogens with zero attached hydrogens (tertiary/aromatic N) is 4. The van der Waals surface area contributed by atoms with E-state index in [-0.39, 0.29) is 0 Å². The molecule has 0 atom stereocenters. The van der Waals surface area contributed by atoms with Gasteiger partial charge in [-0.2, -0.15) is 0 Å². The molecule has 0 unspecified atom stereocenters. The summed E-state index contributed by atoms with van der Waals surface area (Å²) in [5.74, 6) is 0. The molecule has 5 heteroatoms. The third-order valence-electron chi connectivity index (χ3n) is 3.65. The van der Waals surface area contributed by atoms with E-state index in [0.717, 1.165) is 13.1 Å². The molecule has 0 bridgehead atoms. The van der Waals surface area contributed by atoms with Gasteiger partial charge in [-0.05, 0) is 53.9 Å². The fourth-order valence-corrected chi connectivity index (χ4v) is 5.15. The van der Waals surface area contributed by atoms with Crippen LogP contribution in [0.25, 0.3) is 0 Å². The zero-order valence-corrected chi connectivity index (χ0v) is 15.1. The SMILES string of the molecule is CC(C)[N](C)[Al]([N](C)CCN(C)C)[N](C)C(C)C. The molecule has 0 heterocycles. The standard InChI is InChI=1S/C5H13N2.2C4H10N.Al/c1-6-4-5-7(2)3;2*1-4(2)5-3;/h4-5H2,1-3H3;2*4H,1-3H3;/q3*-1;+3. The number of rotatable bonds is 8. The zero-order chi connectivity index (χ0) is 14.5. The average Bonchev–Trinajstić information content (AvgIpc) is 2.25. The van der Waals surface area contributed by atoms with Crippen molar-refractivity contribution in [2.24, 2.45) is 0 Å². The summed E-state index contributed by atoms with van der Waals surface area (Å²) in [6.07, 6.45) is 0. The molecule has 0 aromatic heterocycles. The monoisotopic (exact) mass is 272 g/mol. The van der Waals surface area contributed by atoms with E-state index in [9.17, 15) is 0 Å². The highest BCUT2D eigenvalue weighted by atomic mass is 27.2. The van der Waals surface area contributed by atoms with Crippen molar-refractivity contribution < 1.29 is 0 Å². The van der Waals surface area contributed by atoms with Crippen molar-refractivity contribution in [3.63, 3.8) is 0 Å². The van der Waals surface area contributed by atoms with Gasteiger partial charge in [0, 0.05) is 6.54 Å². The molecule has 0 fully saturated rings. The molecule has 0 aliphatic carbocycles. The predicted octanol–water partition coefficient (Wildman–Crippen LogP) is 1.15. The van der Waals surface area contributed by atoms with Gasteiger partial charge in [-0.1, -0.05) is 27.7 Å². The zero-order valence-electron chi connectivity index (χ0n) is 13.9. The van der Waals surface area contributed by atoms with Gasteiger partial charge in [0.2, 0.25) is 0 Å². The van der Waals surface area contributed by atoms with Crippen LogP contribution in [0.1, 0.15) is 27.7 Å². The summed E-state index contributed by atoms with van der Waals surface area (Å²) in [6.45, 7) is 11.4. The quantitative estimate of drug-likeness (QED) is 0.614. The van der Waals surface area contributed by atoms with Crippen LogP contribution >= 0.6 is 0 Å². The van der Waals surface area contributed by atoms with Crippen LogP contribution in [-0.4, -0.2) is 91.8 Å². The molecule has 0 saturated heterocycles. The van der Waals surface area contributed by atoms with Crippen molar-refractivity contribution >= 4 is 14.8 Å². The normalized spacial score (nSPS) is 12.8. The summed E-state index contributed by atoms with van der Waals surface area (Å²) in [4.78, 5) is 2.26. The lowest BCUT2D eigenvalue weighted by atomic mass is 10.4. The molecule has 0 N–H and O–H groups in total. The van der Waals surface area contributed by atoms with Gasteiger partial charge in [-0.25, -0.2) is 0 Å². The van der Waals surface area contributed by atoms with Crippen LogP contribution in [0.5, 0.6) is 0 Å². The summed E-state index contributed by atoms with van der Waals surface area (Å²) in [7, 11) is 11.1. The first-order valence-electron chi connectivity index (χ1n) is 6.97. The molecule has 18 heavy (non-hydrogen) atoms. The molecule has 0 aliphatic heterocycles. The van der Waals surface area contributed by atoms with Crippen LogP contribution < -0.4 is 0 Å². The Balaban J connectivity index is 4.74. The van der Waals surface area contributed by atoms with E-state index in [1.165, 1.54) is 0 Å². The molecular formula is C13H33AlN4. The van der Waals surface area contributed by atoms with E-state index < -0.39 is 14.8 Å². The number of hydrogen-bond donors (Lipinski definition) is 0. The Labute approximate surface area is 120 Å². The predicted molar refractivity (Wildman–Crippen MR) is 82.7 cm³/mol. The molecule has 108 valence electrons. The van der Waals surface area contributed by atoms with Crippen LogP contribution in [0.4, 0.5) is 0 Å². The van der Waals surface area contributed by atoms with Gasteiger partial charge in [0.1, 0.15) is 0 Å². The Hall–Kier alpha value is 0.372. The van der Waals surface area contributed by atoms with Gasteiger partial charge in [0.05, 0.1) is 0 Å². The van der Waals surface area contributed by atoms with Crippen LogP contribution in [-0.2, 0) is 0 Å². The molecule has 0 amide bonds. The maximum absolute atomic E-state index is 2.57. The summed E-state index contributed by atoms with van der Waals surface area (Å²) in [5.41, 5.74) is 0. The second-order valence-electron chi connectivity index (χ2n) is 6.15.